The van der Waals surface area contributed by atoms with Crippen molar-refractivity contribution in [2.45, 2.75) is 141 Å². The van der Waals surface area contributed by atoms with Crippen molar-refractivity contribution in [3.63, 3.8) is 0 Å². The van der Waals surface area contributed by atoms with Gasteiger partial charge in [-0.05, 0) is 150 Å². The van der Waals surface area contributed by atoms with Gasteiger partial charge in [-0.3, -0.25) is 34.1 Å². The molecule has 5 aromatic rings. The molecule has 1 aromatic heterocycles. The molecule has 2 fully saturated rings. The van der Waals surface area contributed by atoms with E-state index in [2.05, 4.69) is 58.3 Å². The van der Waals surface area contributed by atoms with Crippen LogP contribution in [-0.2, 0) is 44.9 Å². The van der Waals surface area contributed by atoms with Gasteiger partial charge in [0.1, 0.15) is 11.9 Å². The van der Waals surface area contributed by atoms with Crippen LogP contribution in [0.5, 0.6) is 0 Å². The Labute approximate surface area is 411 Å². The van der Waals surface area contributed by atoms with E-state index in [-0.39, 0.29) is 98.3 Å². The summed E-state index contributed by atoms with van der Waals surface area (Å²) in [4.78, 5) is 56.5. The van der Waals surface area contributed by atoms with Crippen LogP contribution in [0.1, 0.15) is 107 Å². The summed E-state index contributed by atoms with van der Waals surface area (Å²) < 4.78 is 68.3. The summed E-state index contributed by atoms with van der Waals surface area (Å²) in [5.74, 6) is -5.21. The van der Waals surface area contributed by atoms with Gasteiger partial charge in [0.15, 0.2) is 40.7 Å². The third-order valence-corrected chi connectivity index (χ3v) is 13.8. The van der Waals surface area contributed by atoms with E-state index >= 15 is 0 Å². The van der Waals surface area contributed by atoms with Crippen LogP contribution in [0.2, 0.25) is 0 Å². The summed E-state index contributed by atoms with van der Waals surface area (Å²) >= 11 is 0. The Bertz CT molecular complexity index is 2710. The van der Waals surface area contributed by atoms with E-state index in [9.17, 15) is 41.1 Å². The lowest BCUT2D eigenvalue weighted by molar-refractivity contribution is -0.129. The maximum atomic E-state index is 13.9. The molecule has 0 aliphatic carbocycles. The van der Waals surface area contributed by atoms with Crippen LogP contribution in [-0.4, -0.2) is 92.7 Å². The monoisotopic (exact) mass is 982 g/mol. The van der Waals surface area contributed by atoms with Crippen LogP contribution in [0.25, 0.3) is 10.9 Å². The Morgan fingerprint density at radius 1 is 0.634 bits per heavy atom. The van der Waals surface area contributed by atoms with Crippen LogP contribution >= 0.6 is 0 Å². The number of nitrogens with zero attached hydrogens (tertiary/aromatic N) is 4. The number of H-pyrrole nitrogens is 1. The van der Waals surface area contributed by atoms with Gasteiger partial charge < -0.3 is 16.4 Å². The lowest BCUT2D eigenvalue weighted by Crippen LogP contribution is -2.51. The summed E-state index contributed by atoms with van der Waals surface area (Å²) in [6, 6.07) is 17.8. The van der Waals surface area contributed by atoms with E-state index in [1.807, 2.05) is 18.2 Å². The van der Waals surface area contributed by atoms with Crippen molar-refractivity contribution in [1.29, 1.82) is 5.26 Å². The Hall–Kier alpha value is -6.51. The molecule has 4 aromatic carbocycles. The number of halogens is 5. The van der Waals surface area contributed by atoms with Gasteiger partial charge in [-0.15, -0.1) is 0 Å². The second-order valence-electron chi connectivity index (χ2n) is 19.1. The number of amides is 2. The topological polar surface area (TPSA) is 177 Å². The minimum absolute atomic E-state index is 0.00854. The minimum atomic E-state index is -1.02. The average molecular weight is 983 g/mol. The molecular formula is C54H63F5N8O4. The number of likely N-dealkylation sites (tertiary alicyclic amines) is 2. The summed E-state index contributed by atoms with van der Waals surface area (Å²) in [5.41, 5.74) is 8.83. The Kier molecular flexibility index (Phi) is 19.0. The van der Waals surface area contributed by atoms with Gasteiger partial charge in [-0.1, -0.05) is 37.1 Å². The van der Waals surface area contributed by atoms with Gasteiger partial charge in [0.25, 0.3) is 0 Å². The fraction of sp³-hybridized carbons (Fsp3) is 0.444. The normalized spacial score (nSPS) is 19.2. The number of carbonyl (C=O) groups is 4. The quantitative estimate of drug-likeness (QED) is 0.0629. The van der Waals surface area contributed by atoms with Crippen LogP contribution in [0.15, 0.2) is 72.8 Å². The van der Waals surface area contributed by atoms with Crippen LogP contribution < -0.4 is 16.4 Å². The molecule has 71 heavy (non-hydrogen) atoms. The number of piperidine rings is 2. The smallest absolute Gasteiger partial charge is 0.234 e. The van der Waals surface area contributed by atoms with E-state index in [1.165, 1.54) is 24.3 Å². The molecule has 12 nitrogen and oxygen atoms in total. The number of nitriles is 1. The standard InChI is InChI=1S/C27H30F3N3O2.C27H33F2N5O2/c1-17-4-3-5-18(2)33(17)16-27(35)32-25(14-20-7-10-22(28)24(30)13-20)26(34)11-8-19-6-9-21(15-31)23(29)12-19;1-16-4-3-5-17(2)34(16)15-26(36)31-24(14-19-7-10-21(28)22(29)12-19)25(35)11-8-18-6-9-20-23(13-18)32-33-27(20)30/h6-7,9-10,12-13,17-18,25H,3-5,8,11,14,16H2,1-2H3,(H,32,35);6-7,9-10,12-13,16-17,24H,3-5,8,11,14-15H2,1-2H3,(H,31,36)(H3,30,32,33)/t17-,18+,25-;16-,17+,24-/m00/s1. The molecular weight excluding hydrogens is 920 g/mol. The highest BCUT2D eigenvalue weighted by Gasteiger charge is 2.30. The molecule has 0 saturated carbocycles. The fourth-order valence-electron chi connectivity index (χ4n) is 9.61. The third kappa shape index (κ3) is 15.0. The highest BCUT2D eigenvalue weighted by Crippen LogP contribution is 2.25. The lowest BCUT2D eigenvalue weighted by Gasteiger charge is -2.38. The maximum Gasteiger partial charge on any atom is 0.234 e. The van der Waals surface area contributed by atoms with Crippen molar-refractivity contribution in [3.05, 3.63) is 130 Å². The first-order valence-corrected chi connectivity index (χ1v) is 24.3. The summed E-state index contributed by atoms with van der Waals surface area (Å²) in [6.45, 7) is 8.70. The summed E-state index contributed by atoms with van der Waals surface area (Å²) in [5, 5.41) is 22.2. The molecule has 5 N–H and O–H groups in total. The number of hydrogen-bond donors (Lipinski definition) is 4. The van der Waals surface area contributed by atoms with Crippen molar-refractivity contribution in [2.24, 2.45) is 0 Å². The highest BCUT2D eigenvalue weighted by molar-refractivity contribution is 5.91. The Morgan fingerprint density at radius 2 is 1.06 bits per heavy atom. The largest absolute Gasteiger partial charge is 0.382 e. The molecule has 2 saturated heterocycles. The maximum absolute atomic E-state index is 13.9. The number of nitrogen functional groups attached to an aromatic ring is 1. The lowest BCUT2D eigenvalue weighted by atomic mass is 9.96. The zero-order chi connectivity index (χ0) is 51.4. The Balaban J connectivity index is 0.000000233. The number of aromatic nitrogens is 2. The molecule has 378 valence electrons. The van der Waals surface area contributed by atoms with E-state index in [4.69, 9.17) is 11.0 Å². The fourth-order valence-corrected chi connectivity index (χ4v) is 9.61. The highest BCUT2D eigenvalue weighted by atomic mass is 19.2. The molecule has 0 bridgehead atoms. The number of nitrogens with two attached hydrogens (primary N) is 1. The number of ketones is 2. The van der Waals surface area contributed by atoms with Crippen molar-refractivity contribution < 1.29 is 41.1 Å². The molecule has 7 rings (SSSR count). The second kappa shape index (κ2) is 25.0. The number of rotatable bonds is 18. The zero-order valence-electron chi connectivity index (χ0n) is 40.7. The number of benzene rings is 4. The van der Waals surface area contributed by atoms with Crippen molar-refractivity contribution in [1.82, 2.24) is 30.6 Å². The van der Waals surface area contributed by atoms with Gasteiger partial charge in [0, 0.05) is 42.4 Å². The predicted octanol–water partition coefficient (Wildman–Crippen LogP) is 8.38. The van der Waals surface area contributed by atoms with Gasteiger partial charge >= 0.3 is 0 Å². The minimum Gasteiger partial charge on any atom is -0.382 e. The zero-order valence-corrected chi connectivity index (χ0v) is 40.7. The van der Waals surface area contributed by atoms with Crippen molar-refractivity contribution in [2.75, 3.05) is 18.8 Å². The molecule has 3 heterocycles. The van der Waals surface area contributed by atoms with Gasteiger partial charge in [-0.25, -0.2) is 22.0 Å². The van der Waals surface area contributed by atoms with E-state index < -0.39 is 41.2 Å². The molecule has 0 spiro atoms. The van der Waals surface area contributed by atoms with Crippen LogP contribution in [0.3, 0.4) is 0 Å². The molecule has 17 heteroatoms. The molecule has 0 unspecified atom stereocenters. The van der Waals surface area contributed by atoms with Crippen molar-refractivity contribution in [3.8, 4) is 6.07 Å². The number of carbonyl (C=O) groups excluding carboxylic acids is 4. The average Bonchev–Trinajstić information content (AvgIpc) is 3.71. The second-order valence-corrected chi connectivity index (χ2v) is 19.1. The molecule has 6 atom stereocenters. The summed E-state index contributed by atoms with van der Waals surface area (Å²) in [7, 11) is 0. The molecule has 0 radical (unpaired) electrons. The molecule has 2 aliphatic heterocycles. The predicted molar refractivity (Wildman–Crippen MR) is 261 cm³/mol. The number of Topliss-reactive ketones (excluding diaryl/α,β-unsaturated/α-hetero) is 2. The van der Waals surface area contributed by atoms with Gasteiger partial charge in [-0.2, -0.15) is 10.4 Å². The molecule has 2 aliphatic rings. The molecule has 2 amide bonds. The van der Waals surface area contributed by atoms with Crippen LogP contribution in [0.4, 0.5) is 27.8 Å². The third-order valence-electron chi connectivity index (χ3n) is 13.8. The SMILES string of the molecule is C[C@@H]1CCC[C@H](C)N1CC(=O)N[C@@H](Cc1ccc(F)c(F)c1)C(=O)CCc1ccc(C#N)c(F)c1.C[C@@H]1CCC[C@H](C)N1CC(=O)N[C@@H](Cc1ccc(F)c(F)c1)C(=O)CCc1ccc2c(N)n[nH]c2c1. The van der Waals surface area contributed by atoms with E-state index in [1.54, 1.807) is 12.1 Å². The Morgan fingerprint density at radius 3 is 1.49 bits per heavy atom. The first kappa shape index (κ1) is 53.8. The van der Waals surface area contributed by atoms with Crippen molar-refractivity contribution >= 4 is 40.1 Å². The first-order chi connectivity index (χ1) is 33.9. The number of nitrogens with one attached hydrogen (secondary N) is 3. The van der Waals surface area contributed by atoms with Crippen LogP contribution in [0, 0.1) is 40.4 Å². The number of anilines is 1. The first-order valence-electron chi connectivity index (χ1n) is 24.3. The van der Waals surface area contributed by atoms with E-state index in [0.717, 1.165) is 79.3 Å². The number of fused-ring (bicyclic) bond motifs is 1. The van der Waals surface area contributed by atoms with Gasteiger partial charge in [0.05, 0.1) is 36.3 Å². The van der Waals surface area contributed by atoms with E-state index in [0.29, 0.717) is 28.9 Å². The number of aromatic amines is 1. The number of hydrogen-bond acceptors (Lipinski definition) is 9. The van der Waals surface area contributed by atoms with Gasteiger partial charge in [0.2, 0.25) is 11.8 Å². The summed E-state index contributed by atoms with van der Waals surface area (Å²) in [6.07, 6.45) is 7.24. The number of aryl methyl sites for hydroxylation is 2.